The Morgan fingerprint density at radius 3 is 2.38 bits per heavy atom. The Bertz CT molecular complexity index is 724. The molecule has 4 rings (SSSR count). The van der Waals surface area contributed by atoms with Crippen LogP contribution < -0.4 is 11.1 Å². The molecule has 4 aliphatic rings. The van der Waals surface area contributed by atoms with E-state index in [1.807, 2.05) is 0 Å². The lowest BCUT2D eigenvalue weighted by atomic mass is 9.44. The summed E-state index contributed by atoms with van der Waals surface area (Å²) < 4.78 is 0. The van der Waals surface area contributed by atoms with Crippen molar-refractivity contribution in [1.82, 2.24) is 5.32 Å². The van der Waals surface area contributed by atoms with Crippen molar-refractivity contribution in [2.75, 3.05) is 0 Å². The molecule has 4 fully saturated rings. The molecule has 5 unspecified atom stereocenters. The van der Waals surface area contributed by atoms with Gasteiger partial charge in [0.05, 0.1) is 6.04 Å². The third-order valence-electron chi connectivity index (χ3n) is 11.0. The van der Waals surface area contributed by atoms with E-state index < -0.39 is 12.0 Å². The molecule has 4 N–H and O–H groups in total. The van der Waals surface area contributed by atoms with Crippen molar-refractivity contribution in [3.63, 3.8) is 0 Å². The van der Waals surface area contributed by atoms with Crippen LogP contribution in [0, 0.1) is 46.3 Å². The summed E-state index contributed by atoms with van der Waals surface area (Å²) >= 11 is 0. The summed E-state index contributed by atoms with van der Waals surface area (Å²) in [5.41, 5.74) is 6.59. The first-order valence-corrected chi connectivity index (χ1v) is 13.3. The van der Waals surface area contributed by atoms with Gasteiger partial charge in [-0.15, -0.1) is 0 Å². The summed E-state index contributed by atoms with van der Waals surface area (Å²) in [6.07, 6.45) is 12.5. The predicted molar refractivity (Wildman–Crippen MR) is 127 cm³/mol. The Morgan fingerprint density at radius 2 is 1.69 bits per heavy atom. The highest BCUT2D eigenvalue weighted by Crippen LogP contribution is 2.68. The largest absolute Gasteiger partial charge is 0.481 e. The molecule has 0 bridgehead atoms. The highest BCUT2D eigenvalue weighted by atomic mass is 16.4. The highest BCUT2D eigenvalue weighted by molar-refractivity contribution is 5.81. The summed E-state index contributed by atoms with van der Waals surface area (Å²) in [5, 5.41) is 12.4. The Labute approximate surface area is 194 Å². The number of hydrogen-bond acceptors (Lipinski definition) is 3. The number of fused-ring (bicyclic) bond motifs is 5. The van der Waals surface area contributed by atoms with Crippen LogP contribution in [-0.4, -0.2) is 29.1 Å². The van der Waals surface area contributed by atoms with Gasteiger partial charge in [0.2, 0.25) is 5.91 Å². The number of carboxylic acid groups (broad SMARTS) is 1. The number of carbonyl (C=O) groups excluding carboxylic acids is 1. The van der Waals surface area contributed by atoms with Crippen molar-refractivity contribution in [3.8, 4) is 0 Å². The molecule has 32 heavy (non-hydrogen) atoms. The van der Waals surface area contributed by atoms with Gasteiger partial charge in [0.25, 0.3) is 0 Å². The van der Waals surface area contributed by atoms with E-state index in [2.05, 4.69) is 26.1 Å². The van der Waals surface area contributed by atoms with Crippen LogP contribution in [0.15, 0.2) is 0 Å². The highest BCUT2D eigenvalue weighted by Gasteiger charge is 2.60. The molecule has 0 aromatic heterocycles. The van der Waals surface area contributed by atoms with Gasteiger partial charge in [-0.25, -0.2) is 0 Å². The normalized spacial score (nSPS) is 45.2. The first-order valence-electron chi connectivity index (χ1n) is 13.3. The van der Waals surface area contributed by atoms with Crippen LogP contribution in [0.4, 0.5) is 0 Å². The zero-order valence-corrected chi connectivity index (χ0v) is 20.7. The fraction of sp³-hybridized carbons (Fsp3) is 0.926. The molecule has 0 radical (unpaired) electrons. The van der Waals surface area contributed by atoms with Crippen LogP contribution in [0.25, 0.3) is 0 Å². The van der Waals surface area contributed by atoms with Crippen molar-refractivity contribution >= 4 is 11.9 Å². The maximum atomic E-state index is 12.1. The second-order valence-electron chi connectivity index (χ2n) is 12.6. The zero-order chi connectivity index (χ0) is 23.3. The number of carboxylic acids is 1. The predicted octanol–water partition coefficient (Wildman–Crippen LogP) is 4.98. The minimum atomic E-state index is -0.654. The third-order valence-corrected chi connectivity index (χ3v) is 11.0. The van der Waals surface area contributed by atoms with E-state index in [9.17, 15) is 9.59 Å². The second kappa shape index (κ2) is 8.92. The number of hydrogen-bond donors (Lipinski definition) is 3. The maximum absolute atomic E-state index is 12.1. The monoisotopic (exact) mass is 446 g/mol. The SMILES string of the molecule is CC(N)C(=O)N[C@@H]1CC[C@]2(C)C3CC[C@@]4(C)C(CCC4[C@H](C)CCC(=O)O)C3CC[C@@H]2C1. The van der Waals surface area contributed by atoms with Gasteiger partial charge < -0.3 is 16.2 Å². The number of rotatable bonds is 6. The molecule has 0 spiro atoms. The maximum Gasteiger partial charge on any atom is 0.303 e. The Balaban J connectivity index is 1.44. The third kappa shape index (κ3) is 4.12. The quantitative estimate of drug-likeness (QED) is 0.536. The number of amides is 1. The minimum absolute atomic E-state index is 0.00487. The van der Waals surface area contributed by atoms with E-state index in [0.29, 0.717) is 41.0 Å². The first-order chi connectivity index (χ1) is 15.1. The first kappa shape index (κ1) is 24.0. The average Bonchev–Trinajstić information content (AvgIpc) is 3.09. The van der Waals surface area contributed by atoms with Gasteiger partial charge in [-0.2, -0.15) is 0 Å². The van der Waals surface area contributed by atoms with Crippen LogP contribution in [0.5, 0.6) is 0 Å². The molecule has 0 saturated heterocycles. The van der Waals surface area contributed by atoms with Crippen molar-refractivity contribution in [2.45, 2.75) is 110 Å². The van der Waals surface area contributed by atoms with Gasteiger partial charge in [0.15, 0.2) is 0 Å². The summed E-state index contributed by atoms with van der Waals surface area (Å²) in [6.45, 7) is 9.20. The lowest BCUT2D eigenvalue weighted by molar-refractivity contribution is -0.137. The standard InChI is InChI=1S/C27H46N2O3/c1-16(5-10-24(30)31)21-8-9-22-20-7-6-18-15-19(29-25(32)17(2)28)11-13-26(18,3)23(20)12-14-27(21,22)4/h16-23H,5-15,28H2,1-4H3,(H,29,32)(H,30,31)/t16-,17?,18-,19-,20?,21?,22?,23?,26+,27-/m1/s1. The number of nitrogens with two attached hydrogens (primary N) is 1. The van der Waals surface area contributed by atoms with Gasteiger partial charge in [-0.05, 0) is 117 Å². The van der Waals surface area contributed by atoms with Crippen LogP contribution >= 0.6 is 0 Å². The number of aliphatic carboxylic acids is 1. The van der Waals surface area contributed by atoms with Crippen LogP contribution in [0.2, 0.25) is 0 Å². The summed E-state index contributed by atoms with van der Waals surface area (Å²) in [5.74, 6) is 3.71. The van der Waals surface area contributed by atoms with E-state index >= 15 is 0 Å². The summed E-state index contributed by atoms with van der Waals surface area (Å²) in [7, 11) is 0. The van der Waals surface area contributed by atoms with Gasteiger partial charge in [-0.3, -0.25) is 9.59 Å². The second-order valence-corrected chi connectivity index (χ2v) is 12.6. The molecular formula is C27H46N2O3. The van der Waals surface area contributed by atoms with Crippen molar-refractivity contribution < 1.29 is 14.7 Å². The Kier molecular flexibility index (Phi) is 6.70. The molecule has 5 heteroatoms. The Morgan fingerprint density at radius 1 is 1.00 bits per heavy atom. The Hall–Kier alpha value is -1.10. The smallest absolute Gasteiger partial charge is 0.303 e. The van der Waals surface area contributed by atoms with Gasteiger partial charge in [0.1, 0.15) is 0 Å². The lowest BCUT2D eigenvalue weighted by Crippen LogP contribution is -2.56. The van der Waals surface area contributed by atoms with Crippen molar-refractivity contribution in [2.24, 2.45) is 52.1 Å². The fourth-order valence-corrected chi connectivity index (χ4v) is 9.25. The molecule has 1 amide bonds. The molecule has 4 aliphatic carbocycles. The minimum Gasteiger partial charge on any atom is -0.481 e. The zero-order valence-electron chi connectivity index (χ0n) is 20.7. The molecule has 0 heterocycles. The fourth-order valence-electron chi connectivity index (χ4n) is 9.25. The number of carbonyl (C=O) groups is 2. The van der Waals surface area contributed by atoms with E-state index in [4.69, 9.17) is 10.8 Å². The van der Waals surface area contributed by atoms with Gasteiger partial charge in [0, 0.05) is 12.5 Å². The van der Waals surface area contributed by atoms with Crippen LogP contribution in [0.3, 0.4) is 0 Å². The van der Waals surface area contributed by atoms with Gasteiger partial charge >= 0.3 is 5.97 Å². The summed E-state index contributed by atoms with van der Waals surface area (Å²) in [6, 6.07) is -0.133. The molecule has 4 saturated carbocycles. The average molecular weight is 447 g/mol. The molecule has 0 aromatic rings. The van der Waals surface area contributed by atoms with Crippen LogP contribution in [-0.2, 0) is 9.59 Å². The van der Waals surface area contributed by atoms with Crippen LogP contribution in [0.1, 0.15) is 98.3 Å². The number of nitrogens with one attached hydrogen (secondary N) is 1. The topological polar surface area (TPSA) is 92.4 Å². The van der Waals surface area contributed by atoms with E-state index in [0.717, 1.165) is 37.0 Å². The van der Waals surface area contributed by atoms with Crippen molar-refractivity contribution in [1.29, 1.82) is 0 Å². The molecule has 5 nitrogen and oxygen atoms in total. The lowest BCUT2D eigenvalue weighted by Gasteiger charge is -2.61. The van der Waals surface area contributed by atoms with E-state index in [1.54, 1.807) is 6.92 Å². The van der Waals surface area contributed by atoms with E-state index in [1.165, 1.54) is 44.9 Å². The molecule has 0 aliphatic heterocycles. The molecular weight excluding hydrogens is 400 g/mol. The van der Waals surface area contributed by atoms with Gasteiger partial charge in [-0.1, -0.05) is 20.8 Å². The van der Waals surface area contributed by atoms with E-state index in [-0.39, 0.29) is 5.91 Å². The molecule has 182 valence electrons. The van der Waals surface area contributed by atoms with Crippen molar-refractivity contribution in [3.05, 3.63) is 0 Å². The molecule has 10 atom stereocenters. The molecule has 0 aromatic carbocycles. The summed E-state index contributed by atoms with van der Waals surface area (Å²) in [4.78, 5) is 23.3.